The number of hydrogen-bond acceptors (Lipinski definition) is 4. The second kappa shape index (κ2) is 6.92. The van der Waals surface area contributed by atoms with Crippen molar-refractivity contribution in [2.24, 2.45) is 0 Å². The van der Waals surface area contributed by atoms with Gasteiger partial charge in [0.05, 0.1) is 5.51 Å². The molecule has 2 rings (SSSR count). The topological polar surface area (TPSA) is 24.9 Å². The predicted molar refractivity (Wildman–Crippen MR) is 80.2 cm³/mol. The van der Waals surface area contributed by atoms with E-state index >= 15 is 0 Å². The Morgan fingerprint density at radius 1 is 1.33 bits per heavy atom. The number of thioether (sulfide) groups is 1. The van der Waals surface area contributed by atoms with Crippen LogP contribution in [-0.4, -0.2) is 11.5 Å². The summed E-state index contributed by atoms with van der Waals surface area (Å²) in [7, 11) is 0. The van der Waals surface area contributed by atoms with Crippen molar-refractivity contribution in [3.63, 3.8) is 0 Å². The van der Waals surface area contributed by atoms with Gasteiger partial charge < -0.3 is 5.32 Å². The molecule has 4 heteroatoms. The molecule has 0 fully saturated rings. The van der Waals surface area contributed by atoms with E-state index in [9.17, 15) is 0 Å². The fourth-order valence-electron chi connectivity index (χ4n) is 1.74. The molecule has 1 aromatic carbocycles. The van der Waals surface area contributed by atoms with Gasteiger partial charge in [0.2, 0.25) is 0 Å². The highest BCUT2D eigenvalue weighted by molar-refractivity contribution is 7.98. The quantitative estimate of drug-likeness (QED) is 0.805. The van der Waals surface area contributed by atoms with Gasteiger partial charge in [-0.25, -0.2) is 0 Å². The van der Waals surface area contributed by atoms with Gasteiger partial charge in [-0.15, -0.1) is 23.1 Å². The molecular formula is C14H18N2S2. The third kappa shape index (κ3) is 3.83. The van der Waals surface area contributed by atoms with Crippen LogP contribution in [0.15, 0.2) is 40.9 Å². The van der Waals surface area contributed by atoms with E-state index in [4.69, 9.17) is 0 Å². The molecule has 1 aromatic heterocycles. The third-order valence-corrected chi connectivity index (χ3v) is 4.78. The van der Waals surface area contributed by atoms with Gasteiger partial charge in [0.25, 0.3) is 0 Å². The van der Waals surface area contributed by atoms with E-state index in [1.165, 1.54) is 15.3 Å². The molecular weight excluding hydrogens is 260 g/mol. The zero-order valence-electron chi connectivity index (χ0n) is 10.7. The second-order valence-corrected chi connectivity index (χ2v) is 6.12. The number of nitrogens with one attached hydrogen (secondary N) is 1. The van der Waals surface area contributed by atoms with Crippen LogP contribution >= 0.6 is 23.1 Å². The van der Waals surface area contributed by atoms with Crippen LogP contribution in [0, 0.1) is 0 Å². The lowest BCUT2D eigenvalue weighted by Crippen LogP contribution is -2.17. The first-order valence-electron chi connectivity index (χ1n) is 6.13. The Morgan fingerprint density at radius 2 is 2.11 bits per heavy atom. The molecule has 0 radical (unpaired) electrons. The molecule has 1 atom stereocenters. The highest BCUT2D eigenvalue weighted by atomic mass is 32.2. The first-order valence-corrected chi connectivity index (χ1v) is 7.99. The van der Waals surface area contributed by atoms with Gasteiger partial charge in [-0.05, 0) is 31.2 Å². The van der Waals surface area contributed by atoms with E-state index in [-0.39, 0.29) is 0 Å². The number of hydrogen-bond donors (Lipinski definition) is 1. The molecule has 96 valence electrons. The minimum absolute atomic E-state index is 0.426. The van der Waals surface area contributed by atoms with Gasteiger partial charge >= 0.3 is 0 Å². The molecule has 0 aliphatic carbocycles. The van der Waals surface area contributed by atoms with Crippen LogP contribution in [0.4, 0.5) is 0 Å². The summed E-state index contributed by atoms with van der Waals surface area (Å²) in [5.41, 5.74) is 3.23. The van der Waals surface area contributed by atoms with Crippen LogP contribution in [0.3, 0.4) is 0 Å². The summed E-state index contributed by atoms with van der Waals surface area (Å²) < 4.78 is 0. The van der Waals surface area contributed by atoms with Crippen molar-refractivity contribution in [2.75, 3.05) is 6.54 Å². The van der Waals surface area contributed by atoms with Crippen LogP contribution in [0.5, 0.6) is 0 Å². The Balaban J connectivity index is 1.91. The lowest BCUT2D eigenvalue weighted by Gasteiger charge is -2.12. The van der Waals surface area contributed by atoms with Gasteiger partial charge in [0.1, 0.15) is 0 Å². The minimum atomic E-state index is 0.426. The van der Waals surface area contributed by atoms with E-state index in [0.717, 1.165) is 12.3 Å². The molecule has 0 spiro atoms. The second-order valence-electron chi connectivity index (χ2n) is 4.10. The summed E-state index contributed by atoms with van der Waals surface area (Å²) in [6, 6.07) is 9.25. The van der Waals surface area contributed by atoms with E-state index in [0.29, 0.717) is 6.04 Å². The maximum atomic E-state index is 4.09. The Bertz CT molecular complexity index is 451. The van der Waals surface area contributed by atoms with E-state index in [1.54, 1.807) is 11.3 Å². The van der Waals surface area contributed by atoms with E-state index in [1.807, 2.05) is 23.5 Å². The first kappa shape index (κ1) is 13.6. The molecule has 0 saturated carbocycles. The average molecular weight is 278 g/mol. The van der Waals surface area contributed by atoms with Gasteiger partial charge in [-0.1, -0.05) is 19.1 Å². The van der Waals surface area contributed by atoms with Crippen LogP contribution in [0.2, 0.25) is 0 Å². The predicted octanol–water partition coefficient (Wildman–Crippen LogP) is 4.11. The molecule has 2 nitrogen and oxygen atoms in total. The summed E-state index contributed by atoms with van der Waals surface area (Å²) in [5, 5.41) is 3.42. The highest BCUT2D eigenvalue weighted by Gasteiger charge is 2.03. The standard InChI is InChI=1S/C14H18N2S2/c1-3-16-11(2)12-4-6-13(7-5-12)17-9-14-8-15-10-18-14/h4-8,10-11,16H,3,9H2,1-2H3. The Morgan fingerprint density at radius 3 is 2.72 bits per heavy atom. The van der Waals surface area contributed by atoms with Crippen molar-refractivity contribution >= 4 is 23.1 Å². The number of rotatable bonds is 6. The van der Waals surface area contributed by atoms with Crippen molar-refractivity contribution in [3.05, 3.63) is 46.4 Å². The molecule has 0 aliphatic rings. The van der Waals surface area contributed by atoms with Gasteiger partial charge in [0, 0.05) is 27.8 Å². The molecule has 18 heavy (non-hydrogen) atoms. The van der Waals surface area contributed by atoms with E-state index < -0.39 is 0 Å². The first-order chi connectivity index (χ1) is 8.79. The minimum Gasteiger partial charge on any atom is -0.310 e. The van der Waals surface area contributed by atoms with Crippen LogP contribution in [-0.2, 0) is 5.75 Å². The molecule has 1 heterocycles. The molecule has 0 bridgehead atoms. The Hall–Kier alpha value is -0.840. The summed E-state index contributed by atoms with van der Waals surface area (Å²) in [5.74, 6) is 1.01. The zero-order chi connectivity index (χ0) is 12.8. The fourth-order valence-corrected chi connectivity index (χ4v) is 3.28. The van der Waals surface area contributed by atoms with Crippen molar-refractivity contribution < 1.29 is 0 Å². The Kier molecular flexibility index (Phi) is 5.23. The number of benzene rings is 1. The monoisotopic (exact) mass is 278 g/mol. The van der Waals surface area contributed by atoms with Crippen molar-refractivity contribution in [2.45, 2.75) is 30.5 Å². The summed E-state index contributed by atoms with van der Waals surface area (Å²) >= 11 is 3.58. The average Bonchev–Trinajstić information content (AvgIpc) is 2.90. The normalized spacial score (nSPS) is 12.6. The number of aromatic nitrogens is 1. The maximum absolute atomic E-state index is 4.09. The number of nitrogens with zero attached hydrogens (tertiary/aromatic N) is 1. The summed E-state index contributed by atoms with van der Waals surface area (Å²) in [6.45, 7) is 5.34. The van der Waals surface area contributed by atoms with Crippen LogP contribution in [0.1, 0.15) is 30.3 Å². The lowest BCUT2D eigenvalue weighted by molar-refractivity contribution is 0.598. The molecule has 2 aromatic rings. The van der Waals surface area contributed by atoms with Gasteiger partial charge in [-0.2, -0.15) is 0 Å². The zero-order valence-corrected chi connectivity index (χ0v) is 12.4. The summed E-state index contributed by atoms with van der Waals surface area (Å²) in [6.07, 6.45) is 1.94. The van der Waals surface area contributed by atoms with Gasteiger partial charge in [0.15, 0.2) is 0 Å². The molecule has 0 amide bonds. The molecule has 1 unspecified atom stereocenters. The largest absolute Gasteiger partial charge is 0.310 e. The van der Waals surface area contributed by atoms with Gasteiger partial charge in [-0.3, -0.25) is 4.98 Å². The summed E-state index contributed by atoms with van der Waals surface area (Å²) in [4.78, 5) is 6.73. The van der Waals surface area contributed by atoms with Crippen molar-refractivity contribution in [1.29, 1.82) is 0 Å². The lowest BCUT2D eigenvalue weighted by atomic mass is 10.1. The maximum Gasteiger partial charge on any atom is 0.0794 e. The van der Waals surface area contributed by atoms with Crippen molar-refractivity contribution in [1.82, 2.24) is 10.3 Å². The molecule has 0 saturated heterocycles. The number of thiazole rings is 1. The third-order valence-electron chi connectivity index (χ3n) is 2.75. The Labute approximate surface area is 117 Å². The fraction of sp³-hybridized carbons (Fsp3) is 0.357. The smallest absolute Gasteiger partial charge is 0.0794 e. The van der Waals surface area contributed by atoms with Crippen molar-refractivity contribution in [3.8, 4) is 0 Å². The van der Waals surface area contributed by atoms with Crippen LogP contribution < -0.4 is 5.32 Å². The van der Waals surface area contributed by atoms with Crippen LogP contribution in [0.25, 0.3) is 0 Å². The van der Waals surface area contributed by atoms with E-state index in [2.05, 4.69) is 48.4 Å². The SMILES string of the molecule is CCNC(C)c1ccc(SCc2cncs2)cc1. The molecule has 0 aliphatic heterocycles. The highest BCUT2D eigenvalue weighted by Crippen LogP contribution is 2.25. The molecule has 1 N–H and O–H groups in total.